The molecule has 1 unspecified atom stereocenters. The summed E-state index contributed by atoms with van der Waals surface area (Å²) in [5.41, 5.74) is 4.73. The molecule has 15 heteroatoms. The second-order valence-corrected chi connectivity index (χ2v) is 12.6. The van der Waals surface area contributed by atoms with Gasteiger partial charge in [0.2, 0.25) is 0 Å². The molecule has 0 aliphatic carbocycles. The lowest BCUT2D eigenvalue weighted by atomic mass is 9.97. The van der Waals surface area contributed by atoms with E-state index in [2.05, 4.69) is 10.1 Å². The first-order valence-electron chi connectivity index (χ1n) is 11.7. The van der Waals surface area contributed by atoms with E-state index in [0.29, 0.717) is 0 Å². The molecule has 1 aliphatic rings. The minimum Gasteiger partial charge on any atom is -0.395 e. The predicted octanol–water partition coefficient (Wildman–Crippen LogP) is 1.90. The van der Waals surface area contributed by atoms with Crippen LogP contribution in [0.15, 0.2) is 47.4 Å². The number of ether oxygens (including phenoxy) is 1. The first-order chi connectivity index (χ1) is 18.0. The number of aliphatic hydroxyl groups excluding tert-OH is 2. The number of nitrogen functional groups attached to an aromatic ring is 1. The Hall–Kier alpha value is -1.80. The molecule has 5 N–H and O–H groups in total. The number of alkyl halides is 1. The van der Waals surface area contributed by atoms with Crippen molar-refractivity contribution in [1.82, 2.24) is 14.6 Å². The van der Waals surface area contributed by atoms with Crippen LogP contribution in [0.3, 0.4) is 0 Å². The van der Waals surface area contributed by atoms with Gasteiger partial charge in [0.15, 0.2) is 11.3 Å². The van der Waals surface area contributed by atoms with Crippen LogP contribution < -0.4 is 16.5 Å². The van der Waals surface area contributed by atoms with E-state index in [1.165, 1.54) is 12.3 Å². The van der Waals surface area contributed by atoms with Crippen molar-refractivity contribution in [3.63, 3.8) is 0 Å². The number of nitrogens with zero attached hydrogens (tertiary/aromatic N) is 2. The topological polar surface area (TPSA) is 175 Å². The highest BCUT2D eigenvalue weighted by molar-refractivity contribution is 8.13. The van der Waals surface area contributed by atoms with Gasteiger partial charge in [-0.25, -0.2) is 14.4 Å². The Bertz CT molecular complexity index is 1190. The first kappa shape index (κ1) is 30.7. The molecule has 12 nitrogen and oxygen atoms in total. The maximum atomic E-state index is 13.5. The Morgan fingerprint density at radius 3 is 2.68 bits per heavy atom. The van der Waals surface area contributed by atoms with Crippen molar-refractivity contribution in [3.05, 3.63) is 58.6 Å². The standard InChI is InChI=1S/C23H32ClN4O8PS/c1-23(2,14-29)21(31)38-11-10-34-37(33,26-12-15-6-4-3-5-7-15)35-13-16-19(30)18(24)20(36-16)28-9-8-17(25)27-22(28)32/h3-9,16,18-20,29-30H,10-14H2,1-2H3,(H,26,33)(H2,25,27,32)/t16?,18-,19-,20-,37+/m1/s1. The van der Waals surface area contributed by atoms with Crippen molar-refractivity contribution >= 4 is 42.0 Å². The predicted molar refractivity (Wildman–Crippen MR) is 144 cm³/mol. The van der Waals surface area contributed by atoms with Crippen molar-refractivity contribution in [2.24, 2.45) is 5.41 Å². The van der Waals surface area contributed by atoms with Gasteiger partial charge in [0.05, 0.1) is 25.2 Å². The molecule has 1 fully saturated rings. The van der Waals surface area contributed by atoms with Gasteiger partial charge in [0.25, 0.3) is 0 Å². The highest BCUT2D eigenvalue weighted by atomic mass is 35.5. The SMILES string of the molecule is CC(C)(CO)C(=O)SCCO[P@@](=O)(NCc1ccccc1)OCC1O[C@@H](n2ccc(N)nc2=O)[C@H](Cl)[C@@H]1O. The van der Waals surface area contributed by atoms with Crippen molar-refractivity contribution in [2.45, 2.75) is 44.2 Å². The number of aliphatic hydroxyl groups is 2. The summed E-state index contributed by atoms with van der Waals surface area (Å²) in [5, 5.41) is 21.5. The molecular weight excluding hydrogens is 559 g/mol. The average molecular weight is 591 g/mol. The fraction of sp³-hybridized carbons (Fsp3) is 0.522. The molecule has 1 aromatic carbocycles. The van der Waals surface area contributed by atoms with E-state index in [0.717, 1.165) is 21.9 Å². The molecular formula is C23H32ClN4O8PS. The van der Waals surface area contributed by atoms with Crippen LogP contribution in [-0.2, 0) is 29.7 Å². The number of hydrogen-bond donors (Lipinski definition) is 4. The van der Waals surface area contributed by atoms with Gasteiger partial charge in [-0.15, -0.1) is 11.6 Å². The smallest absolute Gasteiger partial charge is 0.395 e. The number of halogens is 1. The van der Waals surface area contributed by atoms with Gasteiger partial charge in [0.1, 0.15) is 23.4 Å². The van der Waals surface area contributed by atoms with Crippen LogP contribution in [0, 0.1) is 5.41 Å². The van der Waals surface area contributed by atoms with Crippen LogP contribution in [0.1, 0.15) is 25.6 Å². The Kier molecular flexibility index (Phi) is 10.9. The summed E-state index contributed by atoms with van der Waals surface area (Å²) < 4.78 is 31.5. The third kappa shape index (κ3) is 8.10. The lowest BCUT2D eigenvalue weighted by Gasteiger charge is -2.23. The minimum atomic E-state index is -3.95. The number of carbonyl (C=O) groups is 1. The number of hydrogen-bond acceptors (Lipinski definition) is 11. The van der Waals surface area contributed by atoms with Crippen LogP contribution in [0.5, 0.6) is 0 Å². The molecule has 1 aromatic heterocycles. The van der Waals surface area contributed by atoms with Gasteiger partial charge in [-0.2, -0.15) is 4.98 Å². The number of rotatable bonds is 13. The van der Waals surface area contributed by atoms with E-state index >= 15 is 0 Å². The van der Waals surface area contributed by atoms with Gasteiger partial charge in [-0.05, 0) is 25.5 Å². The third-order valence-corrected chi connectivity index (χ3v) is 8.89. The number of anilines is 1. The maximum absolute atomic E-state index is 13.5. The van der Waals surface area contributed by atoms with Gasteiger partial charge < -0.3 is 20.7 Å². The lowest BCUT2D eigenvalue weighted by Crippen LogP contribution is -2.33. The van der Waals surface area contributed by atoms with Gasteiger partial charge in [0, 0.05) is 18.5 Å². The van der Waals surface area contributed by atoms with E-state index in [9.17, 15) is 24.4 Å². The lowest BCUT2D eigenvalue weighted by molar-refractivity contribution is -0.119. The molecule has 38 heavy (non-hydrogen) atoms. The van der Waals surface area contributed by atoms with E-state index in [-0.39, 0.29) is 43.1 Å². The summed E-state index contributed by atoms with van der Waals surface area (Å²) in [4.78, 5) is 28.1. The van der Waals surface area contributed by atoms with Gasteiger partial charge in [-0.3, -0.25) is 18.4 Å². The van der Waals surface area contributed by atoms with Crippen LogP contribution in [-0.4, -0.2) is 68.0 Å². The number of aromatic nitrogens is 2. The number of benzene rings is 1. The largest absolute Gasteiger partial charge is 0.405 e. The molecule has 210 valence electrons. The van der Waals surface area contributed by atoms with E-state index in [1.807, 2.05) is 30.3 Å². The summed E-state index contributed by atoms with van der Waals surface area (Å²) in [7, 11) is -3.95. The summed E-state index contributed by atoms with van der Waals surface area (Å²) in [6.45, 7) is 2.63. The Labute approximate surface area is 229 Å². The van der Waals surface area contributed by atoms with E-state index in [1.54, 1.807) is 13.8 Å². The maximum Gasteiger partial charge on any atom is 0.405 e. The molecule has 0 saturated carbocycles. The second kappa shape index (κ2) is 13.5. The van der Waals surface area contributed by atoms with Gasteiger partial charge >= 0.3 is 13.4 Å². The third-order valence-electron chi connectivity index (χ3n) is 5.67. The number of nitrogens with one attached hydrogen (secondary N) is 1. The highest BCUT2D eigenvalue weighted by Gasteiger charge is 2.45. The summed E-state index contributed by atoms with van der Waals surface area (Å²) in [6, 6.07) is 10.5. The summed E-state index contributed by atoms with van der Waals surface area (Å²) in [5.74, 6) is 0.197. The molecule has 0 spiro atoms. The van der Waals surface area contributed by atoms with Crippen LogP contribution in [0.4, 0.5) is 5.82 Å². The van der Waals surface area contributed by atoms with Gasteiger partial charge in [-0.1, -0.05) is 42.1 Å². The van der Waals surface area contributed by atoms with Crippen molar-refractivity contribution in [2.75, 3.05) is 31.3 Å². The number of carbonyl (C=O) groups excluding carboxylic acids is 1. The molecule has 0 radical (unpaired) electrons. The monoisotopic (exact) mass is 590 g/mol. The summed E-state index contributed by atoms with van der Waals surface area (Å²) in [6.07, 6.45) is -2.00. The van der Waals surface area contributed by atoms with Crippen molar-refractivity contribution < 1.29 is 33.4 Å². The summed E-state index contributed by atoms with van der Waals surface area (Å²) >= 11 is 7.27. The molecule has 2 heterocycles. The fourth-order valence-corrected chi connectivity index (χ4v) is 5.90. The zero-order valence-electron chi connectivity index (χ0n) is 20.9. The number of nitrogens with two attached hydrogens (primary N) is 1. The Balaban J connectivity index is 1.64. The molecule has 5 atom stereocenters. The Morgan fingerprint density at radius 2 is 2.03 bits per heavy atom. The van der Waals surface area contributed by atoms with Crippen LogP contribution >= 0.6 is 31.1 Å². The second-order valence-electron chi connectivity index (χ2n) is 9.17. The molecule has 0 amide bonds. The first-order valence-corrected chi connectivity index (χ1v) is 14.7. The Morgan fingerprint density at radius 1 is 1.32 bits per heavy atom. The average Bonchev–Trinajstić information content (AvgIpc) is 3.18. The molecule has 0 bridgehead atoms. The zero-order valence-corrected chi connectivity index (χ0v) is 23.4. The van der Waals surface area contributed by atoms with Crippen molar-refractivity contribution in [1.29, 1.82) is 0 Å². The quantitative estimate of drug-likeness (QED) is 0.152. The fourth-order valence-electron chi connectivity index (χ4n) is 3.32. The highest BCUT2D eigenvalue weighted by Crippen LogP contribution is 2.45. The zero-order chi connectivity index (χ0) is 27.9. The molecule has 1 saturated heterocycles. The minimum absolute atomic E-state index is 0.0261. The van der Waals surface area contributed by atoms with E-state index < -0.39 is 42.7 Å². The van der Waals surface area contributed by atoms with Crippen LogP contribution in [0.25, 0.3) is 0 Å². The van der Waals surface area contributed by atoms with Crippen molar-refractivity contribution in [3.8, 4) is 0 Å². The normalized spacial score (nSPS) is 23.3. The van der Waals surface area contributed by atoms with E-state index in [4.69, 9.17) is 31.1 Å². The molecule has 1 aliphatic heterocycles. The molecule has 2 aromatic rings. The van der Waals surface area contributed by atoms with Crippen LogP contribution in [0.2, 0.25) is 0 Å². The number of thioether (sulfide) groups is 1. The molecule has 3 rings (SSSR count).